The highest BCUT2D eigenvalue weighted by Gasteiger charge is 2.33. The number of H-pyrrole nitrogens is 1. The molecule has 0 radical (unpaired) electrons. The van der Waals surface area contributed by atoms with E-state index in [1.165, 1.54) is 0 Å². The molecule has 36 heavy (non-hydrogen) atoms. The summed E-state index contributed by atoms with van der Waals surface area (Å²) in [4.78, 5) is 9.83. The van der Waals surface area contributed by atoms with Crippen molar-refractivity contribution in [3.05, 3.63) is 99.3 Å². The third-order valence-electron chi connectivity index (χ3n) is 7.12. The topological polar surface area (TPSA) is 85.2 Å². The number of pyridine rings is 1. The molecular weight excluding hydrogens is 514 g/mol. The second-order valence-corrected chi connectivity index (χ2v) is 10.4. The maximum atomic E-state index is 4.94. The van der Waals surface area contributed by atoms with Crippen molar-refractivity contribution >= 4 is 33.2 Å². The Morgan fingerprint density at radius 3 is 2.67 bits per heavy atom. The number of allylic oxidation sites excluding steroid dienone is 6. The summed E-state index contributed by atoms with van der Waals surface area (Å²) in [5.41, 5.74) is 11.7. The largest absolute Gasteiger partial charge is 0.281 e. The number of halogens is 1. The SMILES string of the molecule is C=C1C(C)=CC2=C(C=Cc3cc(-n4c(CC)nc5c(C)cc(C)nc54)ccc3C2c2nn[nH]n2)C1Br. The summed E-state index contributed by atoms with van der Waals surface area (Å²) >= 11 is 3.88. The van der Waals surface area contributed by atoms with Gasteiger partial charge in [-0.05, 0) is 78.0 Å². The molecule has 180 valence electrons. The van der Waals surface area contributed by atoms with Gasteiger partial charge in [-0.25, -0.2) is 9.97 Å². The van der Waals surface area contributed by atoms with Gasteiger partial charge < -0.3 is 0 Å². The van der Waals surface area contributed by atoms with E-state index >= 15 is 0 Å². The number of alkyl halides is 1. The lowest BCUT2D eigenvalue weighted by Crippen LogP contribution is -2.17. The Morgan fingerprint density at radius 2 is 1.92 bits per heavy atom. The maximum absolute atomic E-state index is 4.94. The van der Waals surface area contributed by atoms with Crippen LogP contribution in [-0.4, -0.2) is 40.0 Å². The molecule has 3 aromatic heterocycles. The summed E-state index contributed by atoms with van der Waals surface area (Å²) < 4.78 is 2.18. The van der Waals surface area contributed by atoms with Crippen LogP contribution in [0.1, 0.15) is 53.8 Å². The smallest absolute Gasteiger partial charge is 0.186 e. The number of nitrogens with one attached hydrogen (secondary N) is 1. The third kappa shape index (κ3) is 3.43. The molecule has 3 heterocycles. The number of aromatic nitrogens is 7. The summed E-state index contributed by atoms with van der Waals surface area (Å²) in [5.74, 6) is 1.48. The van der Waals surface area contributed by atoms with Gasteiger partial charge in [0.05, 0.1) is 10.7 Å². The fraction of sp³-hybridized carbons (Fsp3) is 0.250. The van der Waals surface area contributed by atoms with Crippen LogP contribution in [0.15, 0.2) is 65.3 Å². The van der Waals surface area contributed by atoms with Crippen LogP contribution in [0.5, 0.6) is 0 Å². The summed E-state index contributed by atoms with van der Waals surface area (Å²) in [5, 5.41) is 15.3. The molecule has 7 nitrogen and oxygen atoms in total. The molecule has 2 aliphatic carbocycles. The van der Waals surface area contributed by atoms with Gasteiger partial charge in [-0.15, -0.1) is 10.2 Å². The van der Waals surface area contributed by atoms with Crippen LogP contribution in [0.25, 0.3) is 22.9 Å². The van der Waals surface area contributed by atoms with Crippen molar-refractivity contribution in [1.29, 1.82) is 0 Å². The fourth-order valence-corrected chi connectivity index (χ4v) is 6.09. The first kappa shape index (κ1) is 22.8. The number of hydrogen-bond acceptors (Lipinski definition) is 5. The molecule has 0 spiro atoms. The van der Waals surface area contributed by atoms with Crippen molar-refractivity contribution < 1.29 is 0 Å². The highest BCUT2D eigenvalue weighted by atomic mass is 79.9. The molecule has 2 aliphatic rings. The minimum absolute atomic E-state index is 0.0244. The van der Waals surface area contributed by atoms with Crippen molar-refractivity contribution in [3.8, 4) is 5.69 Å². The van der Waals surface area contributed by atoms with E-state index in [1.54, 1.807) is 0 Å². The number of imidazole rings is 1. The van der Waals surface area contributed by atoms with E-state index in [-0.39, 0.29) is 10.7 Å². The van der Waals surface area contributed by atoms with Crippen molar-refractivity contribution in [2.45, 2.75) is 44.9 Å². The minimum atomic E-state index is -0.159. The van der Waals surface area contributed by atoms with E-state index in [2.05, 4.69) is 111 Å². The number of rotatable bonds is 3. The van der Waals surface area contributed by atoms with Crippen LogP contribution in [-0.2, 0) is 6.42 Å². The van der Waals surface area contributed by atoms with E-state index in [4.69, 9.17) is 9.97 Å². The Hall–Kier alpha value is -3.65. The number of hydrogen-bond donors (Lipinski definition) is 1. The van der Waals surface area contributed by atoms with E-state index in [1.807, 2.05) is 6.92 Å². The van der Waals surface area contributed by atoms with Crippen molar-refractivity contribution in [2.24, 2.45) is 0 Å². The van der Waals surface area contributed by atoms with Crippen LogP contribution in [0.4, 0.5) is 0 Å². The lowest BCUT2D eigenvalue weighted by Gasteiger charge is -2.27. The second-order valence-electron chi connectivity index (χ2n) is 9.45. The molecule has 1 N–H and O–H groups in total. The molecule has 0 saturated carbocycles. The standard InChI is InChI=1S/C28H26BrN7/c1-6-23-31-26-15(3)11-16(4)30-28(26)36(23)19-8-10-20-18(13-19)7-9-21-22(12-14(2)17(5)25(21)29)24(20)27-32-34-35-33-27/h7-13,24-25H,5-6H2,1-4H3,(H,32,33,34,35). The van der Waals surface area contributed by atoms with Crippen LogP contribution < -0.4 is 0 Å². The van der Waals surface area contributed by atoms with E-state index in [9.17, 15) is 0 Å². The zero-order valence-electron chi connectivity index (χ0n) is 20.7. The Morgan fingerprint density at radius 1 is 1.08 bits per heavy atom. The molecule has 0 saturated heterocycles. The Balaban J connectivity index is 1.58. The van der Waals surface area contributed by atoms with Gasteiger partial charge >= 0.3 is 0 Å². The summed E-state index contributed by atoms with van der Waals surface area (Å²) in [6, 6.07) is 8.63. The van der Waals surface area contributed by atoms with Crippen LogP contribution in [0.2, 0.25) is 0 Å². The van der Waals surface area contributed by atoms with Gasteiger partial charge in [-0.3, -0.25) is 4.57 Å². The molecule has 6 rings (SSSR count). The number of fused-ring (bicyclic) bond motifs is 2. The average molecular weight is 540 g/mol. The van der Waals surface area contributed by atoms with E-state index < -0.39 is 0 Å². The van der Waals surface area contributed by atoms with Gasteiger partial charge in [-0.2, -0.15) is 5.21 Å². The Kier molecular flexibility index (Phi) is 5.37. The number of tetrazole rings is 1. The van der Waals surface area contributed by atoms with Crippen molar-refractivity contribution in [1.82, 2.24) is 35.2 Å². The first-order chi connectivity index (χ1) is 17.4. The molecule has 4 aromatic rings. The molecule has 8 heteroatoms. The number of aromatic amines is 1. The molecule has 0 aliphatic heterocycles. The molecule has 0 fully saturated rings. The second kappa shape index (κ2) is 8.48. The maximum Gasteiger partial charge on any atom is 0.186 e. The first-order valence-electron chi connectivity index (χ1n) is 12.0. The van der Waals surface area contributed by atoms with Gasteiger partial charge in [0.25, 0.3) is 0 Å². The highest BCUT2D eigenvalue weighted by Crippen LogP contribution is 2.45. The quantitative estimate of drug-likeness (QED) is 0.330. The molecule has 0 amide bonds. The lowest BCUT2D eigenvalue weighted by atomic mass is 9.80. The van der Waals surface area contributed by atoms with Gasteiger partial charge in [0, 0.05) is 17.8 Å². The van der Waals surface area contributed by atoms with Gasteiger partial charge in [0.1, 0.15) is 11.3 Å². The zero-order chi connectivity index (χ0) is 25.1. The monoisotopic (exact) mass is 539 g/mol. The van der Waals surface area contributed by atoms with Crippen molar-refractivity contribution in [3.63, 3.8) is 0 Å². The molecule has 2 atom stereocenters. The predicted molar refractivity (Wildman–Crippen MR) is 145 cm³/mol. The van der Waals surface area contributed by atoms with Crippen LogP contribution in [0, 0.1) is 13.8 Å². The molecule has 2 unspecified atom stereocenters. The Bertz CT molecular complexity index is 1640. The van der Waals surface area contributed by atoms with Crippen LogP contribution in [0.3, 0.4) is 0 Å². The molecule has 1 aromatic carbocycles. The summed E-state index contributed by atoms with van der Waals surface area (Å²) in [6.45, 7) is 12.6. The lowest BCUT2D eigenvalue weighted by molar-refractivity contribution is 0.841. The van der Waals surface area contributed by atoms with E-state index in [0.717, 1.165) is 73.8 Å². The normalized spacial score (nSPS) is 19.4. The van der Waals surface area contributed by atoms with Gasteiger partial charge in [-0.1, -0.05) is 58.9 Å². The van der Waals surface area contributed by atoms with Crippen LogP contribution >= 0.6 is 15.9 Å². The summed E-state index contributed by atoms with van der Waals surface area (Å²) in [7, 11) is 0. The number of benzene rings is 1. The highest BCUT2D eigenvalue weighted by molar-refractivity contribution is 9.09. The predicted octanol–water partition coefficient (Wildman–Crippen LogP) is 5.85. The minimum Gasteiger partial charge on any atom is -0.281 e. The average Bonchev–Trinajstić information content (AvgIpc) is 3.48. The zero-order valence-corrected chi connectivity index (χ0v) is 22.3. The molecule has 0 bridgehead atoms. The molecular formula is C28H26BrN7. The van der Waals surface area contributed by atoms with Gasteiger partial charge in [0.15, 0.2) is 11.5 Å². The van der Waals surface area contributed by atoms with Crippen molar-refractivity contribution in [2.75, 3.05) is 0 Å². The summed E-state index contributed by atoms with van der Waals surface area (Å²) in [6.07, 6.45) is 7.38. The first-order valence-corrected chi connectivity index (χ1v) is 13.0. The Labute approximate surface area is 217 Å². The number of aryl methyl sites for hydroxylation is 3. The van der Waals surface area contributed by atoms with Gasteiger partial charge in [0.2, 0.25) is 0 Å². The third-order valence-corrected chi connectivity index (χ3v) is 8.17. The van der Waals surface area contributed by atoms with E-state index in [0.29, 0.717) is 5.82 Å². The number of nitrogens with zero attached hydrogens (tertiary/aromatic N) is 6. The fourth-order valence-electron chi connectivity index (χ4n) is 5.31.